The van der Waals surface area contributed by atoms with Gasteiger partial charge in [0.25, 0.3) is 0 Å². The summed E-state index contributed by atoms with van der Waals surface area (Å²) in [5.41, 5.74) is 1.79. The second-order valence-corrected chi connectivity index (χ2v) is 3.74. The largest absolute Gasteiger partial charge is 0.350 e. The molecule has 18 heavy (non-hydrogen) atoms. The average Bonchev–Trinajstić information content (AvgIpc) is 2.42. The smallest absolute Gasteiger partial charge is 0.200 e. The first-order valence-electron chi connectivity index (χ1n) is 5.60. The lowest BCUT2D eigenvalue weighted by atomic mass is 10.2. The van der Waals surface area contributed by atoms with Gasteiger partial charge in [-0.05, 0) is 17.7 Å². The van der Waals surface area contributed by atoms with Crippen molar-refractivity contribution < 1.29 is 9.47 Å². The molecule has 0 saturated heterocycles. The predicted octanol–water partition coefficient (Wildman–Crippen LogP) is 1.75. The fourth-order valence-corrected chi connectivity index (χ4v) is 1.65. The number of pyridine rings is 1. The van der Waals surface area contributed by atoms with Crippen LogP contribution in [0.25, 0.3) is 0 Å². The molecule has 0 fully saturated rings. The molecule has 0 N–H and O–H groups in total. The third-order valence-electron chi connectivity index (χ3n) is 2.48. The van der Waals surface area contributed by atoms with Crippen LogP contribution in [0.15, 0.2) is 36.8 Å². The van der Waals surface area contributed by atoms with Crippen molar-refractivity contribution in [2.75, 3.05) is 14.2 Å². The predicted molar refractivity (Wildman–Crippen MR) is 65.8 cm³/mol. The molecule has 94 valence electrons. The summed E-state index contributed by atoms with van der Waals surface area (Å²) in [5, 5.41) is 0. The van der Waals surface area contributed by atoms with Gasteiger partial charge in [-0.2, -0.15) is 0 Å². The van der Waals surface area contributed by atoms with Gasteiger partial charge >= 0.3 is 0 Å². The third kappa shape index (κ3) is 3.09. The molecule has 0 aliphatic rings. The minimum absolute atomic E-state index is 0.458. The Kier molecular flexibility index (Phi) is 4.33. The van der Waals surface area contributed by atoms with Crippen LogP contribution in [0.5, 0.6) is 0 Å². The molecule has 0 amide bonds. The summed E-state index contributed by atoms with van der Waals surface area (Å²) in [6, 6.07) is 5.67. The van der Waals surface area contributed by atoms with Crippen molar-refractivity contribution in [3.63, 3.8) is 0 Å². The Balaban J connectivity index is 2.17. The van der Waals surface area contributed by atoms with Crippen LogP contribution in [0.2, 0.25) is 0 Å². The van der Waals surface area contributed by atoms with E-state index in [1.165, 1.54) is 0 Å². The molecule has 0 spiro atoms. The molecule has 0 radical (unpaired) electrons. The Morgan fingerprint density at radius 1 is 1.17 bits per heavy atom. The van der Waals surface area contributed by atoms with Gasteiger partial charge < -0.3 is 9.47 Å². The van der Waals surface area contributed by atoms with Crippen molar-refractivity contribution in [2.45, 2.75) is 12.7 Å². The Labute approximate surface area is 106 Å². The van der Waals surface area contributed by atoms with Crippen LogP contribution >= 0.6 is 0 Å². The van der Waals surface area contributed by atoms with Crippen molar-refractivity contribution >= 4 is 0 Å². The molecule has 2 aromatic rings. The van der Waals surface area contributed by atoms with Gasteiger partial charge in [-0.3, -0.25) is 4.98 Å². The summed E-state index contributed by atoms with van der Waals surface area (Å²) in [6.45, 7) is 0. The summed E-state index contributed by atoms with van der Waals surface area (Å²) < 4.78 is 10.3. The lowest BCUT2D eigenvalue weighted by molar-refractivity contribution is -0.108. The van der Waals surface area contributed by atoms with Crippen LogP contribution in [0.3, 0.4) is 0 Å². The quantitative estimate of drug-likeness (QED) is 0.751. The highest BCUT2D eigenvalue weighted by Crippen LogP contribution is 2.14. The number of ether oxygens (including phenoxy) is 2. The molecule has 0 saturated carbocycles. The molecule has 0 atom stereocenters. The Bertz CT molecular complexity index is 487. The van der Waals surface area contributed by atoms with E-state index in [2.05, 4.69) is 15.0 Å². The van der Waals surface area contributed by atoms with Gasteiger partial charge in [-0.1, -0.05) is 6.07 Å². The van der Waals surface area contributed by atoms with E-state index in [9.17, 15) is 0 Å². The van der Waals surface area contributed by atoms with E-state index in [1.807, 2.05) is 12.1 Å². The molecular formula is C13H15N3O2. The van der Waals surface area contributed by atoms with Gasteiger partial charge in [-0.15, -0.1) is 0 Å². The molecule has 0 aliphatic heterocycles. The maximum atomic E-state index is 5.17. The monoisotopic (exact) mass is 245 g/mol. The highest BCUT2D eigenvalue weighted by Gasteiger charge is 2.11. The van der Waals surface area contributed by atoms with Crippen LogP contribution < -0.4 is 0 Å². The number of hydrogen-bond donors (Lipinski definition) is 0. The van der Waals surface area contributed by atoms with Crippen LogP contribution in [-0.2, 0) is 15.9 Å². The summed E-state index contributed by atoms with van der Waals surface area (Å²) >= 11 is 0. The highest BCUT2D eigenvalue weighted by atomic mass is 16.7. The molecule has 2 heterocycles. The summed E-state index contributed by atoms with van der Waals surface area (Å²) in [7, 11) is 3.16. The maximum absolute atomic E-state index is 5.17. The number of nitrogens with zero attached hydrogens (tertiary/aromatic N) is 3. The fourth-order valence-electron chi connectivity index (χ4n) is 1.65. The highest BCUT2D eigenvalue weighted by molar-refractivity contribution is 5.15. The molecule has 0 unspecified atom stereocenters. The summed E-state index contributed by atoms with van der Waals surface area (Å²) in [6.07, 6.45) is 5.44. The van der Waals surface area contributed by atoms with Crippen LogP contribution in [0, 0.1) is 0 Å². The molecule has 5 heteroatoms. The first kappa shape index (κ1) is 12.6. The minimum atomic E-state index is -0.458. The molecule has 2 aromatic heterocycles. The zero-order valence-electron chi connectivity index (χ0n) is 10.4. The molecule has 0 aliphatic carbocycles. The van der Waals surface area contributed by atoms with Gasteiger partial charge in [0.2, 0.25) is 6.29 Å². The van der Waals surface area contributed by atoms with Crippen LogP contribution in [-0.4, -0.2) is 29.2 Å². The van der Waals surface area contributed by atoms with Crippen molar-refractivity contribution in [1.82, 2.24) is 15.0 Å². The zero-order chi connectivity index (χ0) is 12.8. The summed E-state index contributed by atoms with van der Waals surface area (Å²) in [5.74, 6) is 0.722. The average molecular weight is 245 g/mol. The third-order valence-corrected chi connectivity index (χ3v) is 2.48. The zero-order valence-corrected chi connectivity index (χ0v) is 10.4. The molecule has 5 nitrogen and oxygen atoms in total. The normalized spacial score (nSPS) is 10.8. The van der Waals surface area contributed by atoms with Gasteiger partial charge in [0.05, 0.1) is 5.69 Å². The number of hydrogen-bond acceptors (Lipinski definition) is 5. The van der Waals surface area contributed by atoms with Crippen molar-refractivity contribution in [2.24, 2.45) is 0 Å². The van der Waals surface area contributed by atoms with Gasteiger partial charge in [0.15, 0.2) is 0 Å². The Morgan fingerprint density at radius 2 is 2.00 bits per heavy atom. The van der Waals surface area contributed by atoms with Crippen molar-refractivity contribution in [3.05, 3.63) is 53.9 Å². The topological polar surface area (TPSA) is 57.1 Å². The Hall–Kier alpha value is -1.85. The van der Waals surface area contributed by atoms with Gasteiger partial charge in [0, 0.05) is 39.2 Å². The number of rotatable bonds is 5. The second-order valence-electron chi connectivity index (χ2n) is 3.74. The number of methoxy groups -OCH3 is 2. The van der Waals surface area contributed by atoms with Crippen molar-refractivity contribution in [1.29, 1.82) is 0 Å². The fraction of sp³-hybridized carbons (Fsp3) is 0.308. The van der Waals surface area contributed by atoms with E-state index in [4.69, 9.17) is 9.47 Å². The Morgan fingerprint density at radius 3 is 2.67 bits per heavy atom. The van der Waals surface area contributed by atoms with E-state index in [0.717, 1.165) is 11.4 Å². The van der Waals surface area contributed by atoms with E-state index in [1.54, 1.807) is 38.9 Å². The molecule has 0 bridgehead atoms. The molecular weight excluding hydrogens is 230 g/mol. The SMILES string of the molecule is COC(OC)c1ccnc(Cc2cccnc2)n1. The maximum Gasteiger partial charge on any atom is 0.200 e. The van der Waals surface area contributed by atoms with Crippen LogP contribution in [0.4, 0.5) is 0 Å². The van der Waals surface area contributed by atoms with E-state index < -0.39 is 6.29 Å². The van der Waals surface area contributed by atoms with Crippen molar-refractivity contribution in [3.8, 4) is 0 Å². The van der Waals surface area contributed by atoms with E-state index in [-0.39, 0.29) is 0 Å². The summed E-state index contributed by atoms with van der Waals surface area (Å²) in [4.78, 5) is 12.7. The van der Waals surface area contributed by atoms with E-state index in [0.29, 0.717) is 12.1 Å². The number of aromatic nitrogens is 3. The van der Waals surface area contributed by atoms with E-state index >= 15 is 0 Å². The lowest BCUT2D eigenvalue weighted by Crippen LogP contribution is -2.08. The molecule has 2 rings (SSSR count). The first-order valence-corrected chi connectivity index (χ1v) is 5.60. The van der Waals surface area contributed by atoms with Gasteiger partial charge in [0.1, 0.15) is 5.82 Å². The lowest BCUT2D eigenvalue weighted by Gasteiger charge is -2.12. The standard InChI is InChI=1S/C13H15N3O2/c1-17-13(18-2)11-5-7-15-12(16-11)8-10-4-3-6-14-9-10/h3-7,9,13H,8H2,1-2H3. The molecule has 0 aromatic carbocycles. The second kappa shape index (κ2) is 6.18. The minimum Gasteiger partial charge on any atom is -0.350 e. The van der Waals surface area contributed by atoms with Gasteiger partial charge in [-0.25, -0.2) is 9.97 Å². The van der Waals surface area contributed by atoms with Crippen LogP contribution in [0.1, 0.15) is 23.4 Å². The first-order chi connectivity index (χ1) is 8.83.